The van der Waals surface area contributed by atoms with E-state index in [-0.39, 0.29) is 0 Å². The Bertz CT molecular complexity index is 295. The summed E-state index contributed by atoms with van der Waals surface area (Å²) in [6.07, 6.45) is 3.98. The zero-order valence-corrected chi connectivity index (χ0v) is 8.53. The van der Waals surface area contributed by atoms with Gasteiger partial charge >= 0.3 is 0 Å². The minimum Gasteiger partial charge on any atom is -0.287 e. The fourth-order valence-corrected chi connectivity index (χ4v) is 2.03. The number of rotatable bonds is 1. The standard InChI is InChI=1S/C10H13NS/c1-5-7(2)10-9(11-4)6-8(3)12-10/h5-6H,1H2,2-4H3/b10-7+,11-9-. The van der Waals surface area contributed by atoms with E-state index in [1.807, 2.05) is 13.1 Å². The summed E-state index contributed by atoms with van der Waals surface area (Å²) >= 11 is 1.77. The molecule has 0 bridgehead atoms. The van der Waals surface area contributed by atoms with Gasteiger partial charge in [0.25, 0.3) is 0 Å². The third-order valence-electron chi connectivity index (χ3n) is 1.74. The first-order valence-electron chi connectivity index (χ1n) is 3.85. The molecule has 0 aromatic heterocycles. The van der Waals surface area contributed by atoms with Crippen LogP contribution in [0.15, 0.2) is 39.1 Å². The molecule has 1 aliphatic rings. The van der Waals surface area contributed by atoms with Gasteiger partial charge in [-0.25, -0.2) is 0 Å². The van der Waals surface area contributed by atoms with E-state index in [0.717, 1.165) is 5.71 Å². The van der Waals surface area contributed by atoms with E-state index < -0.39 is 0 Å². The highest BCUT2D eigenvalue weighted by Gasteiger charge is 2.15. The summed E-state index contributed by atoms with van der Waals surface area (Å²) in [4.78, 5) is 6.74. The summed E-state index contributed by atoms with van der Waals surface area (Å²) in [5, 5.41) is 0. The average Bonchev–Trinajstić information content (AvgIpc) is 2.45. The third kappa shape index (κ3) is 1.69. The van der Waals surface area contributed by atoms with E-state index in [2.05, 4.69) is 31.5 Å². The van der Waals surface area contributed by atoms with Crippen molar-refractivity contribution < 1.29 is 0 Å². The lowest BCUT2D eigenvalue weighted by Crippen LogP contribution is -1.92. The zero-order chi connectivity index (χ0) is 9.14. The highest BCUT2D eigenvalue weighted by molar-refractivity contribution is 8.08. The van der Waals surface area contributed by atoms with Gasteiger partial charge in [-0.1, -0.05) is 24.4 Å². The van der Waals surface area contributed by atoms with Crippen molar-refractivity contribution in [2.24, 2.45) is 4.99 Å². The van der Waals surface area contributed by atoms with Gasteiger partial charge in [-0.05, 0) is 30.4 Å². The predicted octanol–water partition coefficient (Wildman–Crippen LogP) is 3.17. The van der Waals surface area contributed by atoms with Crippen LogP contribution in [0.1, 0.15) is 13.8 Å². The molecule has 1 nitrogen and oxygen atoms in total. The minimum atomic E-state index is 1.08. The van der Waals surface area contributed by atoms with E-state index in [1.165, 1.54) is 15.4 Å². The van der Waals surface area contributed by atoms with Gasteiger partial charge in [-0.2, -0.15) is 0 Å². The second kappa shape index (κ2) is 3.76. The van der Waals surface area contributed by atoms with E-state index in [0.29, 0.717) is 0 Å². The Morgan fingerprint density at radius 3 is 2.83 bits per heavy atom. The summed E-state index contributed by atoms with van der Waals surface area (Å²) in [5.74, 6) is 0. The topological polar surface area (TPSA) is 12.4 Å². The summed E-state index contributed by atoms with van der Waals surface area (Å²) < 4.78 is 0. The molecule has 0 aromatic rings. The molecule has 0 saturated heterocycles. The van der Waals surface area contributed by atoms with Crippen LogP contribution in [-0.4, -0.2) is 12.8 Å². The van der Waals surface area contributed by atoms with Crippen LogP contribution in [-0.2, 0) is 0 Å². The smallest absolute Gasteiger partial charge is 0.0720 e. The minimum absolute atomic E-state index is 1.08. The summed E-state index contributed by atoms with van der Waals surface area (Å²) in [6, 6.07) is 0. The van der Waals surface area contributed by atoms with Crippen LogP contribution in [0, 0.1) is 0 Å². The lowest BCUT2D eigenvalue weighted by molar-refractivity contribution is 1.43. The number of nitrogens with zero attached hydrogens (tertiary/aromatic N) is 1. The Hall–Kier alpha value is -0.760. The molecule has 2 heteroatoms. The van der Waals surface area contributed by atoms with E-state index in [4.69, 9.17) is 0 Å². The molecular formula is C10H13NS. The van der Waals surface area contributed by atoms with Gasteiger partial charge in [0.1, 0.15) is 0 Å². The maximum Gasteiger partial charge on any atom is 0.0720 e. The Morgan fingerprint density at radius 2 is 2.33 bits per heavy atom. The van der Waals surface area contributed by atoms with Crippen LogP contribution < -0.4 is 0 Å². The van der Waals surface area contributed by atoms with Crippen LogP contribution >= 0.6 is 11.8 Å². The van der Waals surface area contributed by atoms with Crippen molar-refractivity contribution in [3.63, 3.8) is 0 Å². The van der Waals surface area contributed by atoms with Crippen molar-refractivity contribution in [3.8, 4) is 0 Å². The van der Waals surface area contributed by atoms with Gasteiger partial charge in [0.15, 0.2) is 0 Å². The summed E-state index contributed by atoms with van der Waals surface area (Å²) in [5.41, 5.74) is 2.28. The van der Waals surface area contributed by atoms with Crippen LogP contribution in [0.25, 0.3) is 0 Å². The molecule has 0 N–H and O–H groups in total. The highest BCUT2D eigenvalue weighted by Crippen LogP contribution is 2.35. The third-order valence-corrected chi connectivity index (χ3v) is 2.92. The lowest BCUT2D eigenvalue weighted by Gasteiger charge is -2.00. The molecule has 0 atom stereocenters. The van der Waals surface area contributed by atoms with Crippen molar-refractivity contribution in [3.05, 3.63) is 34.1 Å². The van der Waals surface area contributed by atoms with Crippen LogP contribution in [0.3, 0.4) is 0 Å². The molecular weight excluding hydrogens is 166 g/mol. The van der Waals surface area contributed by atoms with Crippen molar-refractivity contribution >= 4 is 17.5 Å². The average molecular weight is 179 g/mol. The summed E-state index contributed by atoms with van der Waals surface area (Å²) in [7, 11) is 1.82. The molecule has 0 aromatic carbocycles. The number of thioether (sulfide) groups is 1. The van der Waals surface area contributed by atoms with Gasteiger partial charge < -0.3 is 0 Å². The van der Waals surface area contributed by atoms with Crippen LogP contribution in [0.4, 0.5) is 0 Å². The lowest BCUT2D eigenvalue weighted by atomic mass is 10.2. The van der Waals surface area contributed by atoms with Crippen molar-refractivity contribution in [2.75, 3.05) is 7.05 Å². The van der Waals surface area contributed by atoms with E-state index >= 15 is 0 Å². The molecule has 12 heavy (non-hydrogen) atoms. The van der Waals surface area contributed by atoms with Crippen molar-refractivity contribution in [2.45, 2.75) is 13.8 Å². The van der Waals surface area contributed by atoms with Crippen molar-refractivity contribution in [1.82, 2.24) is 0 Å². The molecule has 0 fully saturated rings. The SMILES string of the molecule is C=C/C(C)=C1/SC(C)=C/C1=N/C. The molecule has 0 aliphatic carbocycles. The first kappa shape index (κ1) is 9.33. The molecule has 0 spiro atoms. The Labute approximate surface area is 78.0 Å². The number of hydrogen-bond donors (Lipinski definition) is 0. The molecule has 0 amide bonds. The number of allylic oxidation sites excluding steroid dienone is 5. The quantitative estimate of drug-likeness (QED) is 0.602. The summed E-state index contributed by atoms with van der Waals surface area (Å²) in [6.45, 7) is 7.91. The largest absolute Gasteiger partial charge is 0.287 e. The van der Waals surface area contributed by atoms with E-state index in [1.54, 1.807) is 11.8 Å². The van der Waals surface area contributed by atoms with Crippen LogP contribution in [0.2, 0.25) is 0 Å². The first-order chi connectivity index (χ1) is 5.69. The molecule has 1 heterocycles. The molecule has 1 rings (SSSR count). The zero-order valence-electron chi connectivity index (χ0n) is 7.72. The molecule has 64 valence electrons. The first-order valence-corrected chi connectivity index (χ1v) is 4.67. The Kier molecular flexibility index (Phi) is 2.93. The maximum absolute atomic E-state index is 4.20. The van der Waals surface area contributed by atoms with Gasteiger partial charge in [-0.3, -0.25) is 4.99 Å². The normalized spacial score (nSPS) is 24.2. The second-order valence-electron chi connectivity index (χ2n) is 2.68. The fourth-order valence-electron chi connectivity index (χ4n) is 1.04. The molecule has 0 unspecified atom stereocenters. The Balaban J connectivity index is 3.08. The predicted molar refractivity (Wildman–Crippen MR) is 57.6 cm³/mol. The van der Waals surface area contributed by atoms with Gasteiger partial charge in [0, 0.05) is 12.0 Å². The van der Waals surface area contributed by atoms with Gasteiger partial charge in [-0.15, -0.1) is 0 Å². The van der Waals surface area contributed by atoms with E-state index in [9.17, 15) is 0 Å². The maximum atomic E-state index is 4.20. The highest BCUT2D eigenvalue weighted by atomic mass is 32.2. The fraction of sp³-hybridized carbons (Fsp3) is 0.300. The van der Waals surface area contributed by atoms with Crippen LogP contribution in [0.5, 0.6) is 0 Å². The van der Waals surface area contributed by atoms with Crippen molar-refractivity contribution in [1.29, 1.82) is 0 Å². The van der Waals surface area contributed by atoms with Gasteiger partial charge in [0.05, 0.1) is 5.71 Å². The number of hydrogen-bond acceptors (Lipinski definition) is 2. The second-order valence-corrected chi connectivity index (χ2v) is 3.94. The van der Waals surface area contributed by atoms with Gasteiger partial charge in [0.2, 0.25) is 0 Å². The molecule has 0 radical (unpaired) electrons. The Morgan fingerprint density at radius 1 is 1.67 bits per heavy atom. The molecule has 0 saturated carbocycles. The monoisotopic (exact) mass is 179 g/mol. The number of aliphatic imine (C=N–C) groups is 1. The molecule has 1 aliphatic heterocycles.